The van der Waals surface area contributed by atoms with Crippen molar-refractivity contribution in [1.29, 1.82) is 0 Å². The summed E-state index contributed by atoms with van der Waals surface area (Å²) < 4.78 is 0. The van der Waals surface area contributed by atoms with E-state index in [0.29, 0.717) is 0 Å². The van der Waals surface area contributed by atoms with Crippen molar-refractivity contribution in [2.24, 2.45) is 11.3 Å². The van der Waals surface area contributed by atoms with Gasteiger partial charge in [0.15, 0.2) is 0 Å². The van der Waals surface area contributed by atoms with Gasteiger partial charge >= 0.3 is 0 Å². The predicted octanol–water partition coefficient (Wildman–Crippen LogP) is 2.54. The van der Waals surface area contributed by atoms with E-state index in [1.165, 1.54) is 0 Å². The molecule has 0 bridgehead atoms. The van der Waals surface area contributed by atoms with Gasteiger partial charge in [-0.15, -0.1) is 0 Å². The van der Waals surface area contributed by atoms with E-state index < -0.39 is 0 Å². The van der Waals surface area contributed by atoms with Crippen molar-refractivity contribution < 1.29 is 4.79 Å². The third-order valence-corrected chi connectivity index (χ3v) is 2.68. The van der Waals surface area contributed by atoms with Crippen molar-refractivity contribution in [3.63, 3.8) is 0 Å². The summed E-state index contributed by atoms with van der Waals surface area (Å²) in [5.41, 5.74) is 0.152. The van der Waals surface area contributed by atoms with Gasteiger partial charge in [0.25, 0.3) is 0 Å². The Bertz CT molecular complexity index is 179. The fraction of sp³-hybridized carbons (Fsp3) is 0.909. The van der Waals surface area contributed by atoms with Crippen LogP contribution in [0.15, 0.2) is 0 Å². The molecule has 0 fully saturated rings. The summed E-state index contributed by atoms with van der Waals surface area (Å²) in [4.78, 5) is 13.5. The van der Waals surface area contributed by atoms with E-state index >= 15 is 0 Å². The lowest BCUT2D eigenvalue weighted by atomic mass is 9.87. The van der Waals surface area contributed by atoms with Crippen molar-refractivity contribution in [3.05, 3.63) is 0 Å². The zero-order valence-electron chi connectivity index (χ0n) is 10.0. The van der Waals surface area contributed by atoms with Crippen molar-refractivity contribution in [3.8, 4) is 0 Å². The molecule has 0 aliphatic heterocycles. The Morgan fingerprint density at radius 2 is 1.54 bits per heavy atom. The molecular weight excluding hydrogens is 162 g/mol. The van der Waals surface area contributed by atoms with Gasteiger partial charge in [-0.1, -0.05) is 34.6 Å². The van der Waals surface area contributed by atoms with Crippen LogP contribution < -0.4 is 0 Å². The van der Waals surface area contributed by atoms with Crippen LogP contribution in [0.5, 0.6) is 0 Å². The average molecular weight is 185 g/mol. The number of carbonyl (C=O) groups excluding carboxylic acids is 1. The van der Waals surface area contributed by atoms with E-state index in [2.05, 4.69) is 27.7 Å². The van der Waals surface area contributed by atoms with Gasteiger partial charge in [0, 0.05) is 19.0 Å². The molecule has 0 saturated heterocycles. The van der Waals surface area contributed by atoms with Gasteiger partial charge in [-0.25, -0.2) is 0 Å². The van der Waals surface area contributed by atoms with Crippen LogP contribution in [0.25, 0.3) is 0 Å². The first-order valence-electron chi connectivity index (χ1n) is 4.94. The zero-order chi connectivity index (χ0) is 10.8. The maximum atomic E-state index is 11.7. The molecule has 2 nitrogen and oxygen atoms in total. The smallest absolute Gasteiger partial charge is 0.225 e. The van der Waals surface area contributed by atoms with Gasteiger partial charge in [-0.05, 0) is 12.3 Å². The largest absolute Gasteiger partial charge is 0.342 e. The third kappa shape index (κ3) is 3.37. The number of hydrogen-bond donors (Lipinski definition) is 0. The van der Waals surface area contributed by atoms with Crippen LogP contribution in [0, 0.1) is 11.3 Å². The third-order valence-electron chi connectivity index (χ3n) is 2.68. The van der Waals surface area contributed by atoms with E-state index in [-0.39, 0.29) is 23.3 Å². The molecule has 0 aliphatic rings. The molecule has 0 aromatic rings. The molecule has 0 rings (SSSR count). The molecule has 1 atom stereocenters. The van der Waals surface area contributed by atoms with E-state index in [4.69, 9.17) is 0 Å². The van der Waals surface area contributed by atoms with Gasteiger partial charge in [-0.2, -0.15) is 0 Å². The van der Waals surface area contributed by atoms with Gasteiger partial charge in [0.1, 0.15) is 0 Å². The Morgan fingerprint density at radius 3 is 1.77 bits per heavy atom. The minimum absolute atomic E-state index is 0.0924. The van der Waals surface area contributed by atoms with E-state index in [1.54, 1.807) is 0 Å². The second kappa shape index (κ2) is 4.12. The lowest BCUT2D eigenvalue weighted by Crippen LogP contribution is -2.44. The fourth-order valence-corrected chi connectivity index (χ4v) is 1.18. The molecule has 0 aromatic carbocycles. The van der Waals surface area contributed by atoms with E-state index in [1.807, 2.05) is 25.8 Å². The van der Waals surface area contributed by atoms with Crippen LogP contribution >= 0.6 is 0 Å². The highest BCUT2D eigenvalue weighted by atomic mass is 16.2. The van der Waals surface area contributed by atoms with Gasteiger partial charge in [0.05, 0.1) is 0 Å². The minimum Gasteiger partial charge on any atom is -0.342 e. The summed E-state index contributed by atoms with van der Waals surface area (Å²) in [7, 11) is 1.89. The van der Waals surface area contributed by atoms with Crippen molar-refractivity contribution in [1.82, 2.24) is 4.90 Å². The van der Waals surface area contributed by atoms with Gasteiger partial charge in [0.2, 0.25) is 5.91 Å². The van der Waals surface area contributed by atoms with Crippen molar-refractivity contribution >= 4 is 5.91 Å². The molecule has 0 N–H and O–H groups in total. The highest BCUT2D eigenvalue weighted by Crippen LogP contribution is 2.23. The average Bonchev–Trinajstić information content (AvgIpc) is 1.98. The second-order valence-electron chi connectivity index (χ2n) is 5.15. The molecule has 78 valence electrons. The Labute approximate surface area is 82.3 Å². The molecule has 0 spiro atoms. The standard InChI is InChI=1S/C11H23NO/c1-8(2)10(13)12(7)9(3)11(4,5)6/h8-9H,1-7H3/t9-/m1/s1. The fourth-order valence-electron chi connectivity index (χ4n) is 1.18. The second-order valence-corrected chi connectivity index (χ2v) is 5.15. The first-order chi connectivity index (χ1) is 5.68. The Balaban J connectivity index is 4.43. The van der Waals surface area contributed by atoms with Crippen molar-refractivity contribution in [2.45, 2.75) is 47.6 Å². The zero-order valence-corrected chi connectivity index (χ0v) is 10.0. The van der Waals surface area contributed by atoms with Crippen molar-refractivity contribution in [2.75, 3.05) is 7.05 Å². The highest BCUT2D eigenvalue weighted by molar-refractivity contribution is 5.78. The lowest BCUT2D eigenvalue weighted by molar-refractivity contribution is -0.136. The minimum atomic E-state index is 0.0924. The summed E-state index contributed by atoms with van der Waals surface area (Å²) in [6, 6.07) is 0.280. The topological polar surface area (TPSA) is 20.3 Å². The molecule has 13 heavy (non-hydrogen) atoms. The van der Waals surface area contributed by atoms with Crippen LogP contribution in [-0.2, 0) is 4.79 Å². The van der Waals surface area contributed by atoms with Crippen LogP contribution in [0.4, 0.5) is 0 Å². The molecule has 0 saturated carbocycles. The highest BCUT2D eigenvalue weighted by Gasteiger charge is 2.27. The normalized spacial score (nSPS) is 14.5. The van der Waals surface area contributed by atoms with Crippen LogP contribution in [-0.4, -0.2) is 23.9 Å². The SMILES string of the molecule is CC(C)C(=O)N(C)[C@H](C)C(C)(C)C. The summed E-state index contributed by atoms with van der Waals surface area (Å²) in [6.45, 7) is 12.4. The predicted molar refractivity (Wildman–Crippen MR) is 56.5 cm³/mol. The lowest BCUT2D eigenvalue weighted by Gasteiger charge is -2.36. The van der Waals surface area contributed by atoms with Gasteiger partial charge in [-0.3, -0.25) is 4.79 Å². The number of rotatable bonds is 2. The maximum absolute atomic E-state index is 11.7. The molecule has 2 heteroatoms. The maximum Gasteiger partial charge on any atom is 0.225 e. The Kier molecular flexibility index (Phi) is 3.95. The summed E-state index contributed by atoms with van der Waals surface area (Å²) in [6.07, 6.45) is 0. The van der Waals surface area contributed by atoms with Crippen LogP contribution in [0.1, 0.15) is 41.5 Å². The van der Waals surface area contributed by atoms with E-state index in [9.17, 15) is 4.79 Å². The van der Waals surface area contributed by atoms with Gasteiger partial charge < -0.3 is 4.90 Å². The molecule has 0 aliphatic carbocycles. The molecular formula is C11H23NO. The summed E-state index contributed by atoms with van der Waals surface area (Å²) >= 11 is 0. The molecule has 0 radical (unpaired) electrons. The summed E-state index contributed by atoms with van der Waals surface area (Å²) in [5, 5.41) is 0. The van der Waals surface area contributed by atoms with Crippen LogP contribution in [0.2, 0.25) is 0 Å². The number of nitrogens with zero attached hydrogens (tertiary/aromatic N) is 1. The first-order valence-corrected chi connectivity index (χ1v) is 4.94. The molecule has 0 aromatic heterocycles. The Morgan fingerprint density at radius 1 is 1.15 bits per heavy atom. The molecule has 1 amide bonds. The molecule has 0 heterocycles. The molecule has 0 unspecified atom stereocenters. The summed E-state index contributed by atoms with van der Waals surface area (Å²) in [5.74, 6) is 0.317. The number of hydrogen-bond acceptors (Lipinski definition) is 1. The van der Waals surface area contributed by atoms with E-state index in [0.717, 1.165) is 0 Å². The first kappa shape index (κ1) is 12.5. The van der Waals surface area contributed by atoms with Crippen LogP contribution in [0.3, 0.4) is 0 Å². The number of amides is 1. The Hall–Kier alpha value is -0.530. The number of carbonyl (C=O) groups is 1. The monoisotopic (exact) mass is 185 g/mol. The quantitative estimate of drug-likeness (QED) is 0.647.